The fraction of sp³-hybridized carbons (Fsp3) is 0.167. The number of aliphatic hydroxyl groups is 1. The summed E-state index contributed by atoms with van der Waals surface area (Å²) in [6.07, 6.45) is 1.48. The Kier molecular flexibility index (Phi) is 5.25. The number of aromatic hydroxyl groups is 1. The van der Waals surface area contributed by atoms with Crippen molar-refractivity contribution in [3.8, 4) is 11.5 Å². The van der Waals surface area contributed by atoms with Crippen LogP contribution in [0.2, 0.25) is 0 Å². The number of hydrogen-bond acceptors (Lipinski definition) is 6. The van der Waals surface area contributed by atoms with E-state index >= 15 is 0 Å². The summed E-state index contributed by atoms with van der Waals surface area (Å²) < 4.78 is 10.6. The van der Waals surface area contributed by atoms with Crippen molar-refractivity contribution in [2.24, 2.45) is 0 Å². The van der Waals surface area contributed by atoms with Crippen molar-refractivity contribution >= 4 is 17.4 Å². The van der Waals surface area contributed by atoms with Gasteiger partial charge < -0.3 is 24.3 Å². The van der Waals surface area contributed by atoms with Crippen LogP contribution >= 0.6 is 0 Å². The van der Waals surface area contributed by atoms with E-state index in [4.69, 9.17) is 9.15 Å². The lowest BCUT2D eigenvalue weighted by atomic mass is 9.94. The van der Waals surface area contributed by atoms with E-state index in [0.717, 1.165) is 5.56 Å². The molecule has 158 valence electrons. The van der Waals surface area contributed by atoms with Crippen LogP contribution in [0.3, 0.4) is 0 Å². The zero-order chi connectivity index (χ0) is 22.1. The lowest BCUT2D eigenvalue weighted by Gasteiger charge is -2.24. The third-order valence-corrected chi connectivity index (χ3v) is 5.30. The van der Waals surface area contributed by atoms with Crippen molar-refractivity contribution < 1.29 is 29.0 Å². The van der Waals surface area contributed by atoms with E-state index in [0.29, 0.717) is 22.6 Å². The fourth-order valence-electron chi connectivity index (χ4n) is 3.84. The Morgan fingerprint density at radius 2 is 1.94 bits per heavy atom. The monoisotopic (exact) mass is 419 g/mol. The quantitative estimate of drug-likeness (QED) is 0.369. The molecule has 1 aliphatic rings. The third kappa shape index (κ3) is 3.66. The number of aryl methyl sites for hydroxylation is 1. The van der Waals surface area contributed by atoms with E-state index in [9.17, 15) is 19.8 Å². The third-order valence-electron chi connectivity index (χ3n) is 5.30. The molecule has 0 aliphatic carbocycles. The molecule has 4 rings (SSSR count). The minimum Gasteiger partial charge on any atom is -0.508 e. The second kappa shape index (κ2) is 8.02. The summed E-state index contributed by atoms with van der Waals surface area (Å²) in [4.78, 5) is 27.3. The molecular formula is C24H21NO6. The molecule has 7 nitrogen and oxygen atoms in total. The first kappa shape index (κ1) is 20.3. The van der Waals surface area contributed by atoms with Crippen molar-refractivity contribution in [1.29, 1.82) is 0 Å². The van der Waals surface area contributed by atoms with Gasteiger partial charge in [-0.3, -0.25) is 9.59 Å². The number of benzene rings is 2. The number of ketones is 1. The van der Waals surface area contributed by atoms with Crippen LogP contribution in [0, 0.1) is 6.92 Å². The Morgan fingerprint density at radius 1 is 1.13 bits per heavy atom. The van der Waals surface area contributed by atoms with Gasteiger partial charge in [0, 0.05) is 5.56 Å². The number of phenolic OH excluding ortho intramolecular Hbond substituents is 1. The largest absolute Gasteiger partial charge is 0.508 e. The summed E-state index contributed by atoms with van der Waals surface area (Å²) in [6, 6.07) is 13.8. The molecule has 1 atom stereocenters. The summed E-state index contributed by atoms with van der Waals surface area (Å²) >= 11 is 0. The first-order chi connectivity index (χ1) is 14.9. The van der Waals surface area contributed by atoms with Gasteiger partial charge in [-0.1, -0.05) is 12.1 Å². The smallest absolute Gasteiger partial charge is 0.296 e. The van der Waals surface area contributed by atoms with Gasteiger partial charge >= 0.3 is 0 Å². The van der Waals surface area contributed by atoms with Gasteiger partial charge in [-0.05, 0) is 60.5 Å². The molecule has 3 aromatic rings. The molecule has 0 bridgehead atoms. The van der Waals surface area contributed by atoms with E-state index in [1.165, 1.54) is 23.3 Å². The van der Waals surface area contributed by atoms with Crippen LogP contribution in [-0.2, 0) is 16.1 Å². The topological polar surface area (TPSA) is 100 Å². The molecule has 2 aromatic carbocycles. The van der Waals surface area contributed by atoms with Gasteiger partial charge in [-0.2, -0.15) is 0 Å². The number of likely N-dealkylation sites (tertiary alicyclic amines) is 1. The number of hydrogen-bond donors (Lipinski definition) is 2. The normalized spacial score (nSPS) is 17.9. The number of nitrogens with zero attached hydrogens (tertiary/aromatic N) is 1. The summed E-state index contributed by atoms with van der Waals surface area (Å²) in [6.45, 7) is 1.86. The van der Waals surface area contributed by atoms with E-state index in [1.807, 2.05) is 6.92 Å². The summed E-state index contributed by atoms with van der Waals surface area (Å²) in [5, 5.41) is 21.1. The van der Waals surface area contributed by atoms with Crippen molar-refractivity contribution in [2.75, 3.05) is 7.11 Å². The van der Waals surface area contributed by atoms with E-state index < -0.39 is 17.7 Å². The SMILES string of the molecule is COc1ccc(/C(O)=C2/C(=O)C(=O)N(Cc3ccco3)C2c2cccc(O)c2)cc1C. The van der Waals surface area contributed by atoms with Crippen LogP contribution in [0.5, 0.6) is 11.5 Å². The zero-order valence-corrected chi connectivity index (χ0v) is 17.0. The molecule has 2 N–H and O–H groups in total. The van der Waals surface area contributed by atoms with Crippen molar-refractivity contribution in [3.05, 3.63) is 88.9 Å². The predicted octanol–water partition coefficient (Wildman–Crippen LogP) is 3.92. The molecule has 1 fully saturated rings. The Morgan fingerprint density at radius 3 is 2.58 bits per heavy atom. The number of rotatable bonds is 5. The highest BCUT2D eigenvalue weighted by Crippen LogP contribution is 2.41. The zero-order valence-electron chi connectivity index (χ0n) is 17.0. The van der Waals surface area contributed by atoms with Gasteiger partial charge in [-0.25, -0.2) is 0 Å². The van der Waals surface area contributed by atoms with Crippen LogP contribution in [0.1, 0.15) is 28.5 Å². The van der Waals surface area contributed by atoms with E-state index in [2.05, 4.69) is 0 Å². The number of aliphatic hydroxyl groups excluding tert-OH is 1. The second-order valence-corrected chi connectivity index (χ2v) is 7.29. The summed E-state index contributed by atoms with van der Waals surface area (Å²) in [5.41, 5.74) is 1.61. The average Bonchev–Trinajstić information content (AvgIpc) is 3.35. The van der Waals surface area contributed by atoms with Gasteiger partial charge in [-0.15, -0.1) is 0 Å². The predicted molar refractivity (Wildman–Crippen MR) is 112 cm³/mol. The number of furan rings is 1. The Bertz CT molecular complexity index is 1180. The highest BCUT2D eigenvalue weighted by atomic mass is 16.5. The molecule has 0 radical (unpaired) electrons. The van der Waals surface area contributed by atoms with Crippen LogP contribution in [-0.4, -0.2) is 33.9 Å². The molecule has 0 spiro atoms. The van der Waals surface area contributed by atoms with Crippen molar-refractivity contribution in [1.82, 2.24) is 4.90 Å². The maximum Gasteiger partial charge on any atom is 0.296 e. The van der Waals surface area contributed by atoms with E-state index in [1.54, 1.807) is 49.6 Å². The highest BCUT2D eigenvalue weighted by Gasteiger charge is 2.46. The molecule has 1 saturated heterocycles. The average molecular weight is 419 g/mol. The molecule has 1 aliphatic heterocycles. The van der Waals surface area contributed by atoms with Crippen molar-refractivity contribution in [3.63, 3.8) is 0 Å². The summed E-state index contributed by atoms with van der Waals surface area (Å²) in [7, 11) is 1.55. The number of ether oxygens (including phenoxy) is 1. The Labute approximate surface area is 178 Å². The first-order valence-corrected chi connectivity index (χ1v) is 9.65. The van der Waals surface area contributed by atoms with Gasteiger partial charge in [0.05, 0.1) is 31.5 Å². The molecular weight excluding hydrogens is 398 g/mol. The van der Waals surface area contributed by atoms with Crippen LogP contribution in [0.4, 0.5) is 0 Å². The summed E-state index contributed by atoms with van der Waals surface area (Å²) in [5.74, 6) is -0.727. The minimum absolute atomic E-state index is 0.0126. The molecule has 1 amide bonds. The van der Waals surface area contributed by atoms with Crippen LogP contribution in [0.15, 0.2) is 70.9 Å². The van der Waals surface area contributed by atoms with Crippen molar-refractivity contribution in [2.45, 2.75) is 19.5 Å². The number of Topliss-reactive ketones (excluding diaryl/α,β-unsaturated/α-hetero) is 1. The van der Waals surface area contributed by atoms with Crippen LogP contribution < -0.4 is 4.74 Å². The highest BCUT2D eigenvalue weighted by molar-refractivity contribution is 6.46. The number of carbonyl (C=O) groups excluding carboxylic acids is 2. The van der Waals surface area contributed by atoms with Crippen LogP contribution in [0.25, 0.3) is 5.76 Å². The fourth-order valence-corrected chi connectivity index (χ4v) is 3.84. The standard InChI is InChI=1S/C24H21NO6/c1-14-11-16(8-9-19(14)30-2)22(27)20-21(15-5-3-6-17(26)12-15)25(24(29)23(20)28)13-18-7-4-10-31-18/h3-12,21,26-27H,13H2,1-2H3/b22-20-. The van der Waals surface area contributed by atoms with Gasteiger partial charge in [0.25, 0.3) is 11.7 Å². The number of carbonyl (C=O) groups is 2. The lowest BCUT2D eigenvalue weighted by Crippen LogP contribution is -2.29. The maximum absolute atomic E-state index is 13.0. The number of phenols is 1. The number of amides is 1. The first-order valence-electron chi connectivity index (χ1n) is 9.65. The maximum atomic E-state index is 13.0. The molecule has 0 saturated carbocycles. The number of methoxy groups -OCH3 is 1. The van der Waals surface area contributed by atoms with Gasteiger partial charge in [0.1, 0.15) is 23.0 Å². The molecule has 1 aromatic heterocycles. The molecule has 31 heavy (non-hydrogen) atoms. The Hall–Kier alpha value is -4.00. The molecule has 7 heteroatoms. The molecule has 1 unspecified atom stereocenters. The lowest BCUT2D eigenvalue weighted by molar-refractivity contribution is -0.140. The van der Waals surface area contributed by atoms with Gasteiger partial charge in [0.2, 0.25) is 0 Å². The molecule has 2 heterocycles. The Balaban J connectivity index is 1.87. The van der Waals surface area contributed by atoms with E-state index in [-0.39, 0.29) is 23.6 Å². The van der Waals surface area contributed by atoms with Gasteiger partial charge in [0.15, 0.2) is 0 Å². The second-order valence-electron chi connectivity index (χ2n) is 7.29. The minimum atomic E-state index is -0.889.